The largest absolute Gasteiger partial charge is 0.487 e. The topological polar surface area (TPSA) is 92.5 Å². The van der Waals surface area contributed by atoms with Crippen molar-refractivity contribution in [3.8, 4) is 16.9 Å². The number of carbonyl (C=O) groups is 2. The van der Waals surface area contributed by atoms with E-state index in [1.807, 2.05) is 59.4 Å². The number of ether oxygens (including phenoxy) is 3. The smallest absolute Gasteiger partial charge is 0.338 e. The van der Waals surface area contributed by atoms with Crippen molar-refractivity contribution in [1.29, 1.82) is 0 Å². The van der Waals surface area contributed by atoms with Crippen LogP contribution >= 0.6 is 0 Å². The number of carbonyl (C=O) groups excluding carboxylic acids is 2. The Balaban J connectivity index is 0.727. The SMILES string of the molecule is CCC(C)COC(=O)c1ccc(-c2ccc(OCc3cn(CCCCCCCCCC(=O)O[C@H]4CC[C@@]5(C)C(=CC[C@H]6[C@@H]7CC[C@H]([C@H](C)CCCC(C)C)[C@@]7(C)CC[C@@H]65)C4)nn3)cc2)cc1. The summed E-state index contributed by atoms with van der Waals surface area (Å²) in [6.07, 6.45) is 28.3. The maximum atomic E-state index is 13.0. The molecule has 0 radical (unpaired) electrons. The third-order valence-corrected chi connectivity index (χ3v) is 17.3. The predicted octanol–water partition coefficient (Wildman–Crippen LogP) is 14.8. The maximum Gasteiger partial charge on any atom is 0.338 e. The van der Waals surface area contributed by atoms with E-state index in [1.54, 1.807) is 5.57 Å². The Bertz CT molecular complexity index is 2020. The van der Waals surface area contributed by atoms with E-state index in [2.05, 4.69) is 64.9 Å². The number of allylic oxidation sites excluding steroid dienone is 1. The number of aryl methyl sites for hydroxylation is 1. The van der Waals surface area contributed by atoms with Crippen LogP contribution in [0, 0.1) is 52.3 Å². The van der Waals surface area contributed by atoms with Gasteiger partial charge in [-0.3, -0.25) is 9.48 Å². The van der Waals surface area contributed by atoms with Crippen LogP contribution in [0.15, 0.2) is 66.4 Å². The van der Waals surface area contributed by atoms with Gasteiger partial charge in [0, 0.05) is 19.4 Å². The van der Waals surface area contributed by atoms with Crippen molar-refractivity contribution in [1.82, 2.24) is 15.0 Å². The molecule has 3 aromatic rings. The lowest BCUT2D eigenvalue weighted by Crippen LogP contribution is -2.51. The normalized spacial score (nSPS) is 26.7. The fourth-order valence-electron chi connectivity index (χ4n) is 13.1. The van der Waals surface area contributed by atoms with Gasteiger partial charge in [-0.1, -0.05) is 147 Å². The molecule has 0 N–H and O–H groups in total. The summed E-state index contributed by atoms with van der Waals surface area (Å²) >= 11 is 0. The number of hydrogen-bond acceptors (Lipinski definition) is 7. The van der Waals surface area contributed by atoms with Crippen molar-refractivity contribution in [3.05, 3.63) is 77.6 Å². The number of unbranched alkanes of at least 4 members (excludes halogenated alkanes) is 6. The summed E-state index contributed by atoms with van der Waals surface area (Å²) in [5.41, 5.74) is 5.87. The number of hydrogen-bond donors (Lipinski definition) is 0. The Labute approximate surface area is 398 Å². The second kappa shape index (κ2) is 23.4. The van der Waals surface area contributed by atoms with Crippen LogP contribution in [-0.4, -0.2) is 39.6 Å². The lowest BCUT2D eigenvalue weighted by Gasteiger charge is -2.58. The molecule has 7 rings (SSSR count). The summed E-state index contributed by atoms with van der Waals surface area (Å²) in [5, 5.41) is 8.64. The number of esters is 2. The quantitative estimate of drug-likeness (QED) is 0.0502. The molecule has 3 saturated carbocycles. The van der Waals surface area contributed by atoms with Gasteiger partial charge in [-0.2, -0.15) is 0 Å². The van der Waals surface area contributed by atoms with Gasteiger partial charge in [-0.15, -0.1) is 5.10 Å². The van der Waals surface area contributed by atoms with Gasteiger partial charge in [0.15, 0.2) is 0 Å². The van der Waals surface area contributed by atoms with E-state index in [-0.39, 0.29) is 18.0 Å². The molecule has 2 aromatic carbocycles. The molecule has 0 bridgehead atoms. The minimum atomic E-state index is -0.280. The molecule has 1 heterocycles. The molecule has 8 heteroatoms. The molecule has 1 aromatic heterocycles. The Hall–Kier alpha value is -3.94. The van der Waals surface area contributed by atoms with Crippen LogP contribution in [0.25, 0.3) is 11.1 Å². The molecule has 1 unspecified atom stereocenters. The molecule has 0 amide bonds. The van der Waals surface area contributed by atoms with Gasteiger partial charge in [0.25, 0.3) is 0 Å². The van der Waals surface area contributed by atoms with Crippen LogP contribution in [0.4, 0.5) is 0 Å². The third-order valence-electron chi connectivity index (χ3n) is 17.3. The molecule has 0 aliphatic heterocycles. The van der Waals surface area contributed by atoms with Crippen molar-refractivity contribution < 1.29 is 23.8 Å². The molecule has 3 fully saturated rings. The molecule has 66 heavy (non-hydrogen) atoms. The minimum absolute atomic E-state index is 0.0119. The lowest BCUT2D eigenvalue weighted by atomic mass is 9.47. The second-order valence-electron chi connectivity index (χ2n) is 22.3. The summed E-state index contributed by atoms with van der Waals surface area (Å²) < 4.78 is 19.5. The first-order chi connectivity index (χ1) is 31.9. The number of aromatic nitrogens is 3. The minimum Gasteiger partial charge on any atom is -0.487 e. The Morgan fingerprint density at radius 3 is 2.24 bits per heavy atom. The van der Waals surface area contributed by atoms with E-state index in [9.17, 15) is 9.59 Å². The maximum absolute atomic E-state index is 13.0. The standard InChI is InChI=1S/C58H85N3O5/c1-8-42(4)39-65-56(63)46-22-20-44(21-23-46)45-24-27-49(28-25-45)64-40-48-38-61(60-59-48)36-15-13-11-9-10-12-14-19-55(62)66-50-32-34-57(6)47(37-50)26-29-51-53-31-30-52(43(5)18-16-17-41(2)3)58(53,7)35-33-54(51)57/h20-28,38,41-43,50-54H,8-19,29-37,39-40H2,1-7H3/t42?,43-,50+,51+,52-,53+,54+,57+,58-/m1/s1. The molecule has 8 nitrogen and oxygen atoms in total. The van der Waals surface area contributed by atoms with Crippen LogP contribution in [0.3, 0.4) is 0 Å². The van der Waals surface area contributed by atoms with Gasteiger partial charge in [0.1, 0.15) is 24.2 Å². The van der Waals surface area contributed by atoms with Gasteiger partial charge in [-0.25, -0.2) is 4.79 Å². The summed E-state index contributed by atoms with van der Waals surface area (Å²) in [6, 6.07) is 15.5. The highest BCUT2D eigenvalue weighted by Crippen LogP contribution is 2.67. The van der Waals surface area contributed by atoms with Gasteiger partial charge >= 0.3 is 11.9 Å². The molecule has 0 saturated heterocycles. The first-order valence-electron chi connectivity index (χ1n) is 26.6. The summed E-state index contributed by atoms with van der Waals surface area (Å²) in [4.78, 5) is 25.4. The average Bonchev–Trinajstić information content (AvgIpc) is 3.93. The van der Waals surface area contributed by atoms with Crippen LogP contribution < -0.4 is 4.74 Å². The number of benzene rings is 2. The Kier molecular flexibility index (Phi) is 17.7. The lowest BCUT2D eigenvalue weighted by molar-refractivity contribution is -0.151. The van der Waals surface area contributed by atoms with Crippen molar-refractivity contribution in [2.24, 2.45) is 52.3 Å². The van der Waals surface area contributed by atoms with Gasteiger partial charge in [-0.05, 0) is 145 Å². The molecular formula is C58H85N3O5. The van der Waals surface area contributed by atoms with E-state index in [0.29, 0.717) is 41.9 Å². The van der Waals surface area contributed by atoms with Crippen LogP contribution in [0.5, 0.6) is 5.75 Å². The highest BCUT2D eigenvalue weighted by Gasteiger charge is 2.59. The summed E-state index contributed by atoms with van der Waals surface area (Å²) in [5.74, 6) is 5.96. The third kappa shape index (κ3) is 12.6. The number of fused-ring (bicyclic) bond motifs is 5. The van der Waals surface area contributed by atoms with E-state index in [4.69, 9.17) is 14.2 Å². The van der Waals surface area contributed by atoms with Gasteiger partial charge in [0.2, 0.25) is 0 Å². The molecular weight excluding hydrogens is 819 g/mol. The summed E-state index contributed by atoms with van der Waals surface area (Å²) in [6.45, 7) is 18.4. The zero-order valence-corrected chi connectivity index (χ0v) is 42.0. The van der Waals surface area contributed by atoms with E-state index in [0.717, 1.165) is 116 Å². The van der Waals surface area contributed by atoms with E-state index >= 15 is 0 Å². The monoisotopic (exact) mass is 904 g/mol. The highest BCUT2D eigenvalue weighted by molar-refractivity contribution is 5.90. The van der Waals surface area contributed by atoms with Crippen LogP contribution in [0.2, 0.25) is 0 Å². The zero-order valence-electron chi connectivity index (χ0n) is 42.0. The molecule has 4 aliphatic carbocycles. The van der Waals surface area contributed by atoms with Crippen molar-refractivity contribution >= 4 is 11.9 Å². The van der Waals surface area contributed by atoms with Crippen LogP contribution in [-0.2, 0) is 27.4 Å². The number of rotatable bonds is 24. The predicted molar refractivity (Wildman–Crippen MR) is 266 cm³/mol. The summed E-state index contributed by atoms with van der Waals surface area (Å²) in [7, 11) is 0. The first-order valence-corrected chi connectivity index (χ1v) is 26.6. The van der Waals surface area contributed by atoms with E-state index in [1.165, 1.54) is 70.6 Å². The fraction of sp³-hybridized carbons (Fsp3) is 0.690. The fourth-order valence-corrected chi connectivity index (χ4v) is 13.1. The molecule has 0 spiro atoms. The first kappa shape index (κ1) is 50.0. The van der Waals surface area contributed by atoms with Crippen molar-refractivity contribution in [3.63, 3.8) is 0 Å². The van der Waals surface area contributed by atoms with Gasteiger partial charge in [0.05, 0.1) is 18.4 Å². The molecule has 4 aliphatic rings. The van der Waals surface area contributed by atoms with Gasteiger partial charge < -0.3 is 14.2 Å². The Morgan fingerprint density at radius 1 is 0.803 bits per heavy atom. The number of nitrogens with zero attached hydrogens (tertiary/aromatic N) is 3. The van der Waals surface area contributed by atoms with Crippen molar-refractivity contribution in [2.45, 2.75) is 196 Å². The highest BCUT2D eigenvalue weighted by atomic mass is 16.5. The molecule has 9 atom stereocenters. The Morgan fingerprint density at radius 2 is 1.52 bits per heavy atom. The zero-order chi connectivity index (χ0) is 46.7. The van der Waals surface area contributed by atoms with Crippen LogP contribution in [0.1, 0.15) is 193 Å². The van der Waals surface area contributed by atoms with Crippen molar-refractivity contribution in [2.75, 3.05) is 6.61 Å². The average molecular weight is 904 g/mol. The molecule has 362 valence electrons. The second-order valence-corrected chi connectivity index (χ2v) is 22.3. The van der Waals surface area contributed by atoms with E-state index < -0.39 is 0 Å².